The van der Waals surface area contributed by atoms with Crippen molar-refractivity contribution in [3.8, 4) is 11.6 Å². The molecule has 3 aromatic heterocycles. The Bertz CT molecular complexity index is 704. The van der Waals surface area contributed by atoms with E-state index < -0.39 is 0 Å². The smallest absolute Gasteiger partial charge is 0.277 e. The van der Waals surface area contributed by atoms with Crippen LogP contribution in [-0.4, -0.2) is 25.3 Å². The Kier molecular flexibility index (Phi) is 3.78. The van der Waals surface area contributed by atoms with Crippen molar-refractivity contribution in [1.82, 2.24) is 25.3 Å². The van der Waals surface area contributed by atoms with Crippen molar-refractivity contribution in [2.75, 3.05) is 0 Å². The van der Waals surface area contributed by atoms with Crippen molar-refractivity contribution >= 4 is 11.8 Å². The molecule has 21 heavy (non-hydrogen) atoms. The van der Waals surface area contributed by atoms with Gasteiger partial charge in [-0.15, -0.1) is 10.2 Å². The van der Waals surface area contributed by atoms with Crippen molar-refractivity contribution in [1.29, 1.82) is 0 Å². The standard InChI is InChI=1S/C13H15N5O2S/c1-7(2)10-15-11(20-18-10)8(3)21-13-17-16-12(19-13)9-5-4-6-14-9/h4-8,14H,1-3H3/t8-/m1/s1. The Morgan fingerprint density at radius 2 is 2.10 bits per heavy atom. The minimum atomic E-state index is -0.0538. The van der Waals surface area contributed by atoms with Crippen LogP contribution in [0.2, 0.25) is 0 Å². The number of aromatic nitrogens is 5. The lowest BCUT2D eigenvalue weighted by Crippen LogP contribution is -1.92. The summed E-state index contributed by atoms with van der Waals surface area (Å²) >= 11 is 1.39. The lowest BCUT2D eigenvalue weighted by molar-refractivity contribution is 0.372. The summed E-state index contributed by atoms with van der Waals surface area (Å²) in [7, 11) is 0. The molecule has 0 amide bonds. The predicted molar refractivity (Wildman–Crippen MR) is 76.7 cm³/mol. The molecule has 3 rings (SSSR count). The number of nitrogens with one attached hydrogen (secondary N) is 1. The number of aromatic amines is 1. The van der Waals surface area contributed by atoms with E-state index >= 15 is 0 Å². The van der Waals surface area contributed by atoms with Crippen LogP contribution in [0.5, 0.6) is 0 Å². The molecule has 1 N–H and O–H groups in total. The van der Waals surface area contributed by atoms with Gasteiger partial charge in [0.2, 0.25) is 5.89 Å². The van der Waals surface area contributed by atoms with Crippen LogP contribution in [0.3, 0.4) is 0 Å². The van der Waals surface area contributed by atoms with E-state index in [2.05, 4.69) is 25.3 Å². The quantitative estimate of drug-likeness (QED) is 0.722. The monoisotopic (exact) mass is 305 g/mol. The highest BCUT2D eigenvalue weighted by atomic mass is 32.2. The molecular formula is C13H15N5O2S. The molecule has 0 aromatic carbocycles. The molecule has 3 heterocycles. The molecule has 0 radical (unpaired) electrons. The highest BCUT2D eigenvalue weighted by molar-refractivity contribution is 7.99. The molecular weight excluding hydrogens is 290 g/mol. The summed E-state index contributed by atoms with van der Waals surface area (Å²) in [6, 6.07) is 3.75. The predicted octanol–water partition coefficient (Wildman–Crippen LogP) is 3.42. The van der Waals surface area contributed by atoms with Crippen LogP contribution in [0.15, 0.2) is 32.5 Å². The molecule has 0 aliphatic heterocycles. The number of nitrogens with zero attached hydrogens (tertiary/aromatic N) is 4. The second-order valence-electron chi connectivity index (χ2n) is 4.86. The van der Waals surface area contributed by atoms with Gasteiger partial charge in [-0.25, -0.2) is 0 Å². The molecule has 0 unspecified atom stereocenters. The summed E-state index contributed by atoms with van der Waals surface area (Å²) < 4.78 is 10.9. The molecule has 0 aliphatic rings. The Hall–Kier alpha value is -2.09. The minimum Gasteiger partial charge on any atom is -0.410 e. The van der Waals surface area contributed by atoms with Crippen LogP contribution in [0.4, 0.5) is 0 Å². The Balaban J connectivity index is 1.71. The lowest BCUT2D eigenvalue weighted by Gasteiger charge is -2.01. The molecule has 0 saturated heterocycles. The number of hydrogen-bond donors (Lipinski definition) is 1. The zero-order chi connectivity index (χ0) is 14.8. The van der Waals surface area contributed by atoms with E-state index in [0.717, 1.165) is 5.69 Å². The van der Waals surface area contributed by atoms with Gasteiger partial charge in [-0.05, 0) is 19.1 Å². The maximum absolute atomic E-state index is 5.59. The molecule has 0 saturated carbocycles. The van der Waals surface area contributed by atoms with E-state index in [0.29, 0.717) is 22.8 Å². The second kappa shape index (κ2) is 5.72. The third kappa shape index (κ3) is 2.99. The van der Waals surface area contributed by atoms with E-state index in [4.69, 9.17) is 8.94 Å². The highest BCUT2D eigenvalue weighted by Gasteiger charge is 2.20. The molecule has 7 nitrogen and oxygen atoms in total. The normalized spacial score (nSPS) is 13.0. The van der Waals surface area contributed by atoms with Crippen molar-refractivity contribution < 1.29 is 8.94 Å². The minimum absolute atomic E-state index is 0.0538. The first-order chi connectivity index (χ1) is 10.1. The summed E-state index contributed by atoms with van der Waals surface area (Å²) in [6.45, 7) is 6.00. The average molecular weight is 305 g/mol. The largest absolute Gasteiger partial charge is 0.410 e. The first-order valence-electron chi connectivity index (χ1n) is 6.61. The zero-order valence-electron chi connectivity index (χ0n) is 11.9. The average Bonchev–Trinajstić information content (AvgIpc) is 3.19. The SMILES string of the molecule is CC(C)c1noc([C@@H](C)Sc2nnc(-c3ccc[nH]3)o2)n1. The third-order valence-corrected chi connectivity index (χ3v) is 3.76. The maximum Gasteiger partial charge on any atom is 0.277 e. The molecule has 3 aromatic rings. The van der Waals surface area contributed by atoms with E-state index in [1.54, 1.807) is 6.20 Å². The Morgan fingerprint density at radius 3 is 2.76 bits per heavy atom. The lowest BCUT2D eigenvalue weighted by atomic mass is 10.2. The van der Waals surface area contributed by atoms with Crippen molar-refractivity contribution in [2.45, 2.75) is 37.2 Å². The van der Waals surface area contributed by atoms with E-state index in [1.807, 2.05) is 32.9 Å². The molecule has 110 valence electrons. The highest BCUT2D eigenvalue weighted by Crippen LogP contribution is 2.34. The summed E-state index contributed by atoms with van der Waals surface area (Å²) in [6.07, 6.45) is 1.81. The van der Waals surface area contributed by atoms with Crippen LogP contribution >= 0.6 is 11.8 Å². The summed E-state index contributed by atoms with van der Waals surface area (Å²) in [5, 5.41) is 12.4. The van der Waals surface area contributed by atoms with Crippen LogP contribution in [-0.2, 0) is 0 Å². The van der Waals surface area contributed by atoms with Crippen LogP contribution < -0.4 is 0 Å². The fourth-order valence-electron chi connectivity index (χ4n) is 1.68. The molecule has 0 fully saturated rings. The fourth-order valence-corrected chi connectivity index (χ4v) is 2.39. The molecule has 0 spiro atoms. The molecule has 0 bridgehead atoms. The number of thioether (sulfide) groups is 1. The van der Waals surface area contributed by atoms with Gasteiger partial charge in [-0.1, -0.05) is 30.8 Å². The van der Waals surface area contributed by atoms with Gasteiger partial charge in [-0.3, -0.25) is 0 Å². The Morgan fingerprint density at radius 1 is 1.24 bits per heavy atom. The second-order valence-corrected chi connectivity index (χ2v) is 6.15. The summed E-state index contributed by atoms with van der Waals surface area (Å²) in [5.41, 5.74) is 0.793. The first kappa shape index (κ1) is 13.9. The van der Waals surface area contributed by atoms with Crippen LogP contribution in [0.1, 0.15) is 43.7 Å². The summed E-state index contributed by atoms with van der Waals surface area (Å²) in [5.74, 6) is 1.96. The van der Waals surface area contributed by atoms with Gasteiger partial charge in [0.05, 0.1) is 5.25 Å². The van der Waals surface area contributed by atoms with Gasteiger partial charge >= 0.3 is 0 Å². The Labute approximate surface area is 125 Å². The van der Waals surface area contributed by atoms with Gasteiger partial charge in [0.1, 0.15) is 5.69 Å². The third-order valence-electron chi connectivity index (χ3n) is 2.83. The van der Waals surface area contributed by atoms with E-state index in [-0.39, 0.29) is 11.2 Å². The number of hydrogen-bond acceptors (Lipinski definition) is 7. The van der Waals surface area contributed by atoms with Gasteiger partial charge in [0, 0.05) is 12.1 Å². The topological polar surface area (TPSA) is 93.6 Å². The van der Waals surface area contributed by atoms with E-state index in [9.17, 15) is 0 Å². The number of H-pyrrole nitrogens is 1. The molecule has 0 aliphatic carbocycles. The van der Waals surface area contributed by atoms with Gasteiger partial charge in [0.15, 0.2) is 5.82 Å². The van der Waals surface area contributed by atoms with Crippen molar-refractivity contribution in [3.63, 3.8) is 0 Å². The van der Waals surface area contributed by atoms with Crippen LogP contribution in [0.25, 0.3) is 11.6 Å². The number of rotatable bonds is 5. The van der Waals surface area contributed by atoms with Gasteiger partial charge in [0.25, 0.3) is 11.1 Å². The molecule has 8 heteroatoms. The summed E-state index contributed by atoms with van der Waals surface area (Å²) in [4.78, 5) is 7.39. The van der Waals surface area contributed by atoms with Gasteiger partial charge < -0.3 is 13.9 Å². The first-order valence-corrected chi connectivity index (χ1v) is 7.49. The zero-order valence-corrected chi connectivity index (χ0v) is 12.7. The van der Waals surface area contributed by atoms with E-state index in [1.165, 1.54) is 11.8 Å². The van der Waals surface area contributed by atoms with Gasteiger partial charge in [-0.2, -0.15) is 4.98 Å². The fraction of sp³-hybridized carbons (Fsp3) is 0.385. The maximum atomic E-state index is 5.59. The van der Waals surface area contributed by atoms with Crippen molar-refractivity contribution in [2.24, 2.45) is 0 Å². The van der Waals surface area contributed by atoms with Crippen LogP contribution in [0, 0.1) is 0 Å². The molecule has 1 atom stereocenters. The van der Waals surface area contributed by atoms with Crippen molar-refractivity contribution in [3.05, 3.63) is 30.0 Å².